The van der Waals surface area contributed by atoms with Crippen molar-refractivity contribution in [1.29, 1.82) is 0 Å². The molecule has 0 N–H and O–H groups in total. The van der Waals surface area contributed by atoms with Gasteiger partial charge in [0.2, 0.25) is 0 Å². The van der Waals surface area contributed by atoms with Crippen LogP contribution in [0.15, 0.2) is 165 Å². The van der Waals surface area contributed by atoms with Gasteiger partial charge in [0.05, 0.1) is 0 Å². The monoisotopic (exact) mass is 673 g/mol. The topological polar surface area (TPSA) is 65.0 Å². The highest BCUT2D eigenvalue weighted by Gasteiger charge is 2.31. The molecule has 3 aromatic heterocycles. The molecule has 2 atom stereocenters. The van der Waals surface area contributed by atoms with Crippen molar-refractivity contribution in [2.75, 3.05) is 0 Å². The second-order valence-corrected chi connectivity index (χ2v) is 14.3. The summed E-state index contributed by atoms with van der Waals surface area (Å²) in [6.45, 7) is 0. The first-order valence-electron chi connectivity index (χ1n) is 17.1. The Bertz CT molecular complexity index is 2920. The molecule has 6 heteroatoms. The fraction of sp³-hybridized carbons (Fsp3) is 0.0444. The van der Waals surface area contributed by atoms with E-state index in [0.29, 0.717) is 28.6 Å². The van der Waals surface area contributed by atoms with Crippen molar-refractivity contribution in [3.63, 3.8) is 0 Å². The normalized spacial score (nSPS) is 16.4. The van der Waals surface area contributed by atoms with Gasteiger partial charge in [-0.3, -0.25) is 0 Å². The van der Waals surface area contributed by atoms with Crippen molar-refractivity contribution < 1.29 is 8.83 Å². The van der Waals surface area contributed by atoms with Crippen LogP contribution in [0.25, 0.3) is 89.2 Å². The van der Waals surface area contributed by atoms with E-state index in [9.17, 15) is 0 Å². The van der Waals surface area contributed by atoms with Gasteiger partial charge in [-0.25, -0.2) is 15.0 Å². The van der Waals surface area contributed by atoms with E-state index in [4.69, 9.17) is 23.8 Å². The van der Waals surface area contributed by atoms with Crippen molar-refractivity contribution >= 4 is 55.6 Å². The molecular weight excluding hydrogens is 647 g/mol. The minimum atomic E-state index is 0.414. The van der Waals surface area contributed by atoms with Gasteiger partial charge in [0, 0.05) is 54.3 Å². The van der Waals surface area contributed by atoms with E-state index in [1.54, 1.807) is 0 Å². The number of benzene rings is 6. The molecule has 1 aliphatic carbocycles. The van der Waals surface area contributed by atoms with E-state index in [2.05, 4.69) is 72.8 Å². The molecular formula is C45H27N3O2S. The maximum Gasteiger partial charge on any atom is 0.164 e. The molecule has 0 bridgehead atoms. The van der Waals surface area contributed by atoms with Crippen molar-refractivity contribution in [2.45, 2.75) is 16.1 Å². The Kier molecular flexibility index (Phi) is 6.24. The molecule has 9 aromatic rings. The molecule has 6 aromatic carbocycles. The summed E-state index contributed by atoms with van der Waals surface area (Å²) in [6, 6.07) is 43.8. The number of hydrogen-bond acceptors (Lipinski definition) is 6. The summed E-state index contributed by atoms with van der Waals surface area (Å²) in [5.41, 5.74) is 9.58. The largest absolute Gasteiger partial charge is 0.456 e. The molecule has 0 amide bonds. The van der Waals surface area contributed by atoms with Gasteiger partial charge >= 0.3 is 0 Å². The minimum absolute atomic E-state index is 0.414. The third-order valence-corrected chi connectivity index (χ3v) is 11.4. The van der Waals surface area contributed by atoms with Crippen LogP contribution in [0.5, 0.6) is 0 Å². The minimum Gasteiger partial charge on any atom is -0.456 e. The number of thioether (sulfide) groups is 1. The van der Waals surface area contributed by atoms with Crippen LogP contribution in [0, 0.1) is 0 Å². The zero-order chi connectivity index (χ0) is 33.5. The zero-order valence-electron chi connectivity index (χ0n) is 27.2. The average Bonchev–Trinajstić information content (AvgIpc) is 3.88. The molecule has 5 nitrogen and oxygen atoms in total. The number of allylic oxidation sites excluding steroid dienone is 3. The number of hydrogen-bond donors (Lipinski definition) is 0. The van der Waals surface area contributed by atoms with Gasteiger partial charge in [0.15, 0.2) is 17.5 Å². The highest BCUT2D eigenvalue weighted by Crippen LogP contribution is 2.49. The first-order chi connectivity index (χ1) is 25.2. The first kappa shape index (κ1) is 28.6. The van der Waals surface area contributed by atoms with Crippen LogP contribution < -0.4 is 0 Å². The summed E-state index contributed by atoms with van der Waals surface area (Å²) in [7, 11) is 0. The Morgan fingerprint density at radius 3 is 2.04 bits per heavy atom. The van der Waals surface area contributed by atoms with Gasteiger partial charge in [-0.2, -0.15) is 0 Å². The van der Waals surface area contributed by atoms with Crippen molar-refractivity contribution in [3.05, 3.63) is 157 Å². The van der Waals surface area contributed by atoms with E-state index in [-0.39, 0.29) is 0 Å². The van der Waals surface area contributed by atoms with Crippen LogP contribution in [0.2, 0.25) is 0 Å². The highest BCUT2D eigenvalue weighted by molar-refractivity contribution is 8.00. The Morgan fingerprint density at radius 2 is 1.16 bits per heavy atom. The maximum atomic E-state index is 6.55. The third kappa shape index (κ3) is 4.60. The molecule has 0 saturated carbocycles. The fourth-order valence-electron chi connectivity index (χ4n) is 7.62. The van der Waals surface area contributed by atoms with Crippen LogP contribution in [0.3, 0.4) is 0 Å². The first-order valence-corrected chi connectivity index (χ1v) is 18.0. The third-order valence-electron chi connectivity index (χ3n) is 10.1. The Balaban J connectivity index is 1.15. The molecule has 0 saturated heterocycles. The molecule has 0 fully saturated rings. The van der Waals surface area contributed by atoms with Gasteiger partial charge < -0.3 is 8.83 Å². The van der Waals surface area contributed by atoms with Crippen LogP contribution in [-0.4, -0.2) is 20.2 Å². The number of aromatic nitrogens is 3. The van der Waals surface area contributed by atoms with E-state index in [0.717, 1.165) is 71.7 Å². The second kappa shape index (κ2) is 11.1. The van der Waals surface area contributed by atoms with E-state index in [1.807, 2.05) is 90.6 Å². The molecule has 2 unspecified atom stereocenters. The number of rotatable bonds is 4. The van der Waals surface area contributed by atoms with Crippen molar-refractivity contribution in [3.8, 4) is 45.3 Å². The Morgan fingerprint density at radius 1 is 0.471 bits per heavy atom. The Labute approximate surface area is 297 Å². The van der Waals surface area contributed by atoms with Crippen LogP contribution in [0.4, 0.5) is 0 Å². The maximum absolute atomic E-state index is 6.55. The zero-order valence-corrected chi connectivity index (χ0v) is 28.0. The molecule has 51 heavy (non-hydrogen) atoms. The number of para-hydroxylation sites is 2. The smallest absolute Gasteiger partial charge is 0.164 e. The summed E-state index contributed by atoms with van der Waals surface area (Å²) >= 11 is 1.94. The highest BCUT2D eigenvalue weighted by atomic mass is 32.2. The lowest BCUT2D eigenvalue weighted by Crippen LogP contribution is -2.06. The van der Waals surface area contributed by atoms with Crippen LogP contribution >= 0.6 is 11.8 Å². The van der Waals surface area contributed by atoms with E-state index in [1.165, 1.54) is 10.5 Å². The van der Waals surface area contributed by atoms with Gasteiger partial charge in [0.1, 0.15) is 22.3 Å². The summed E-state index contributed by atoms with van der Waals surface area (Å²) in [5.74, 6) is 2.20. The molecule has 1 aliphatic heterocycles. The van der Waals surface area contributed by atoms with Gasteiger partial charge in [-0.05, 0) is 65.2 Å². The van der Waals surface area contributed by atoms with Crippen molar-refractivity contribution in [2.24, 2.45) is 0 Å². The van der Waals surface area contributed by atoms with Crippen LogP contribution in [0.1, 0.15) is 11.5 Å². The molecule has 0 spiro atoms. The summed E-state index contributed by atoms with van der Waals surface area (Å²) in [6.07, 6.45) is 8.94. The van der Waals surface area contributed by atoms with E-state index >= 15 is 0 Å². The molecule has 240 valence electrons. The number of fused-ring (bicyclic) bond motifs is 9. The molecule has 2 aliphatic rings. The second-order valence-electron chi connectivity index (χ2n) is 13.1. The van der Waals surface area contributed by atoms with Gasteiger partial charge in [-0.1, -0.05) is 103 Å². The molecule has 0 radical (unpaired) electrons. The lowest BCUT2D eigenvalue weighted by atomic mass is 9.91. The van der Waals surface area contributed by atoms with Crippen molar-refractivity contribution in [1.82, 2.24) is 15.0 Å². The number of nitrogens with zero attached hydrogens (tertiary/aromatic N) is 3. The Hall–Kier alpha value is -6.24. The fourth-order valence-corrected chi connectivity index (χ4v) is 9.00. The predicted octanol–water partition coefficient (Wildman–Crippen LogP) is 12.0. The van der Waals surface area contributed by atoms with Gasteiger partial charge in [-0.15, -0.1) is 11.8 Å². The lowest BCUT2D eigenvalue weighted by molar-refractivity contribution is 0.668. The number of furan rings is 2. The van der Waals surface area contributed by atoms with Gasteiger partial charge in [0.25, 0.3) is 0 Å². The van der Waals surface area contributed by atoms with E-state index < -0.39 is 0 Å². The van der Waals surface area contributed by atoms with Crippen LogP contribution in [-0.2, 0) is 0 Å². The predicted molar refractivity (Wildman–Crippen MR) is 207 cm³/mol. The molecule has 4 heterocycles. The average molecular weight is 674 g/mol. The summed E-state index contributed by atoms with van der Waals surface area (Å²) in [5, 5.41) is 4.53. The standard InChI is InChI=1S/C45H27N3O2S/c1-2-10-26(11-3-1)43-46-44(28-19-21-38-34(22-28)30-12-4-7-15-36(30)49-38)48-45(47-43)35-23-29(24-39-42(35)33-14-5-8-16-37(33)50-39)27-18-20-32-31-13-6-9-17-40(31)51-41(32)25-27/h1-25,31,40H. The quantitative estimate of drug-likeness (QED) is 0.185. The SMILES string of the molecule is C1=CC2Sc3cc(-c4cc(-c5nc(-c6ccccc6)nc(-c6ccc7oc8ccccc8c7c6)n5)c5c(c4)oc4ccccc45)ccc3C2C=C1. The summed E-state index contributed by atoms with van der Waals surface area (Å²) < 4.78 is 12.7. The summed E-state index contributed by atoms with van der Waals surface area (Å²) in [4.78, 5) is 16.8. The molecule has 11 rings (SSSR count). The lowest BCUT2D eigenvalue weighted by Gasteiger charge is -2.14.